The van der Waals surface area contributed by atoms with Gasteiger partial charge in [-0.2, -0.15) is 4.98 Å². The third-order valence-electron chi connectivity index (χ3n) is 4.49. The Labute approximate surface area is 168 Å². The van der Waals surface area contributed by atoms with Crippen LogP contribution in [0, 0.1) is 0 Å². The molecule has 146 valence electrons. The van der Waals surface area contributed by atoms with E-state index in [1.807, 2.05) is 36.4 Å². The second-order valence-electron chi connectivity index (χ2n) is 6.85. The van der Waals surface area contributed by atoms with E-state index in [-0.39, 0.29) is 18.5 Å². The summed E-state index contributed by atoms with van der Waals surface area (Å²) in [4.78, 5) is 29.6. The van der Waals surface area contributed by atoms with Crippen molar-refractivity contribution in [1.82, 2.24) is 14.1 Å². The van der Waals surface area contributed by atoms with Gasteiger partial charge >= 0.3 is 11.4 Å². The first-order valence-electron chi connectivity index (χ1n) is 9.22. The second kappa shape index (κ2) is 8.44. The summed E-state index contributed by atoms with van der Waals surface area (Å²) >= 11 is 5.96. The Morgan fingerprint density at radius 2 is 1.61 bits per heavy atom. The summed E-state index contributed by atoms with van der Waals surface area (Å²) in [5, 5.41) is 3.74. The molecular formula is C21H23ClN4O2. The first kappa shape index (κ1) is 19.9. The van der Waals surface area contributed by atoms with Crippen molar-refractivity contribution in [3.63, 3.8) is 0 Å². The van der Waals surface area contributed by atoms with Crippen LogP contribution in [0.1, 0.15) is 37.9 Å². The molecule has 0 aliphatic carbocycles. The fourth-order valence-electron chi connectivity index (χ4n) is 2.91. The van der Waals surface area contributed by atoms with Crippen LogP contribution in [0.5, 0.6) is 0 Å². The van der Waals surface area contributed by atoms with E-state index in [4.69, 9.17) is 11.6 Å². The number of aromatic nitrogens is 3. The van der Waals surface area contributed by atoms with Gasteiger partial charge in [-0.05, 0) is 55.7 Å². The van der Waals surface area contributed by atoms with Gasteiger partial charge in [0.15, 0.2) is 0 Å². The average molecular weight is 399 g/mol. The number of hydrogen-bond donors (Lipinski definition) is 1. The van der Waals surface area contributed by atoms with Crippen LogP contribution >= 0.6 is 11.6 Å². The van der Waals surface area contributed by atoms with Gasteiger partial charge in [-0.15, -0.1) is 0 Å². The molecule has 1 heterocycles. The minimum Gasteiger partial charge on any atom is -0.325 e. The highest BCUT2D eigenvalue weighted by Crippen LogP contribution is 2.16. The molecule has 0 saturated heterocycles. The van der Waals surface area contributed by atoms with Gasteiger partial charge < -0.3 is 5.32 Å². The molecule has 0 aliphatic rings. The molecule has 7 heteroatoms. The summed E-state index contributed by atoms with van der Waals surface area (Å²) < 4.78 is 2.62. The Morgan fingerprint density at radius 3 is 2.18 bits per heavy atom. The zero-order valence-corrected chi connectivity index (χ0v) is 16.9. The highest BCUT2D eigenvalue weighted by molar-refractivity contribution is 6.30. The summed E-state index contributed by atoms with van der Waals surface area (Å²) in [5.41, 5.74) is 1.87. The molecule has 6 nitrogen and oxygen atoms in total. The highest BCUT2D eigenvalue weighted by Gasteiger charge is 2.16. The van der Waals surface area contributed by atoms with Crippen LogP contribution in [0.25, 0.3) is 0 Å². The average Bonchev–Trinajstić information content (AvgIpc) is 2.66. The lowest BCUT2D eigenvalue weighted by atomic mass is 10.1. The number of hydrogen-bond acceptors (Lipinski definition) is 4. The molecule has 0 fully saturated rings. The molecule has 28 heavy (non-hydrogen) atoms. The van der Waals surface area contributed by atoms with Gasteiger partial charge in [-0.25, -0.2) is 14.2 Å². The van der Waals surface area contributed by atoms with E-state index < -0.39 is 11.4 Å². The van der Waals surface area contributed by atoms with E-state index in [0.29, 0.717) is 5.02 Å². The molecule has 3 rings (SSSR count). The van der Waals surface area contributed by atoms with Gasteiger partial charge in [0.2, 0.25) is 5.95 Å². The Hall–Kier alpha value is -2.86. The molecule has 0 unspecified atom stereocenters. The number of halogens is 1. The van der Waals surface area contributed by atoms with E-state index in [9.17, 15) is 9.59 Å². The summed E-state index contributed by atoms with van der Waals surface area (Å²) in [6.07, 6.45) is 0.935. The largest absolute Gasteiger partial charge is 0.355 e. The van der Waals surface area contributed by atoms with Crippen molar-refractivity contribution in [2.24, 2.45) is 0 Å². The number of nitrogens with zero attached hydrogens (tertiary/aromatic N) is 3. The molecule has 0 atom stereocenters. The van der Waals surface area contributed by atoms with Crippen molar-refractivity contribution in [3.05, 3.63) is 85.6 Å². The van der Waals surface area contributed by atoms with Crippen LogP contribution in [-0.4, -0.2) is 14.1 Å². The van der Waals surface area contributed by atoms with Gasteiger partial charge in [0.25, 0.3) is 0 Å². The highest BCUT2D eigenvalue weighted by atomic mass is 35.5. The quantitative estimate of drug-likeness (QED) is 0.681. The molecule has 0 aliphatic heterocycles. The van der Waals surface area contributed by atoms with Gasteiger partial charge in [0.05, 0.1) is 6.54 Å². The monoisotopic (exact) mass is 398 g/mol. The predicted molar refractivity (Wildman–Crippen MR) is 113 cm³/mol. The number of rotatable bonds is 6. The van der Waals surface area contributed by atoms with Crippen LogP contribution in [-0.2, 0) is 13.0 Å². The van der Waals surface area contributed by atoms with Crippen LogP contribution < -0.4 is 16.7 Å². The summed E-state index contributed by atoms with van der Waals surface area (Å²) in [5.74, 6) is 0.214. The molecule has 1 aromatic heterocycles. The topological polar surface area (TPSA) is 68.9 Å². The Balaban J connectivity index is 2.07. The fourth-order valence-corrected chi connectivity index (χ4v) is 3.04. The standard InChI is InChI=1S/C21H23ClN4O2/c1-4-15-7-11-18(12-8-15)23-19-24-20(27)26(14(2)3)21(28)25(19)13-16-5-9-17(22)10-6-16/h5-12,14H,4,13H2,1-3H3,(H,23,24,27). The van der Waals surface area contributed by atoms with E-state index in [1.165, 1.54) is 10.1 Å². The van der Waals surface area contributed by atoms with Crippen molar-refractivity contribution in [2.45, 2.75) is 39.8 Å². The maximum absolute atomic E-state index is 13.0. The van der Waals surface area contributed by atoms with Crippen LogP contribution in [0.3, 0.4) is 0 Å². The van der Waals surface area contributed by atoms with E-state index in [1.54, 1.807) is 26.0 Å². The number of anilines is 2. The van der Waals surface area contributed by atoms with Gasteiger partial charge in [-0.3, -0.25) is 4.57 Å². The molecule has 0 radical (unpaired) electrons. The fraction of sp³-hybridized carbons (Fsp3) is 0.286. The summed E-state index contributed by atoms with van der Waals surface area (Å²) in [7, 11) is 0. The van der Waals surface area contributed by atoms with Crippen molar-refractivity contribution >= 4 is 23.2 Å². The van der Waals surface area contributed by atoms with Crippen LogP contribution in [0.15, 0.2) is 58.1 Å². The minimum absolute atomic E-state index is 0.214. The number of benzene rings is 2. The lowest BCUT2D eigenvalue weighted by molar-refractivity contribution is 0.497. The van der Waals surface area contributed by atoms with Crippen LogP contribution in [0.4, 0.5) is 11.6 Å². The Bertz CT molecular complexity index is 1070. The van der Waals surface area contributed by atoms with E-state index >= 15 is 0 Å². The zero-order valence-electron chi connectivity index (χ0n) is 16.1. The number of aryl methyl sites for hydroxylation is 1. The smallest absolute Gasteiger partial charge is 0.325 e. The van der Waals surface area contributed by atoms with Crippen molar-refractivity contribution in [1.29, 1.82) is 0 Å². The normalized spacial score (nSPS) is 11.0. The summed E-state index contributed by atoms with van der Waals surface area (Å²) in [6.45, 7) is 5.92. The second-order valence-corrected chi connectivity index (χ2v) is 7.29. The molecular weight excluding hydrogens is 376 g/mol. The Kier molecular flexibility index (Phi) is 5.99. The molecule has 0 amide bonds. The Morgan fingerprint density at radius 1 is 1.00 bits per heavy atom. The van der Waals surface area contributed by atoms with Crippen molar-refractivity contribution in [3.8, 4) is 0 Å². The number of nitrogens with one attached hydrogen (secondary N) is 1. The van der Waals surface area contributed by atoms with Gasteiger partial charge in [-0.1, -0.05) is 42.8 Å². The minimum atomic E-state index is -0.569. The van der Waals surface area contributed by atoms with E-state index in [2.05, 4.69) is 17.2 Å². The molecule has 2 aromatic carbocycles. The molecule has 0 saturated carbocycles. The maximum atomic E-state index is 13.0. The van der Waals surface area contributed by atoms with Gasteiger partial charge in [0.1, 0.15) is 0 Å². The maximum Gasteiger partial charge on any atom is 0.355 e. The first-order valence-corrected chi connectivity index (χ1v) is 9.60. The van der Waals surface area contributed by atoms with E-state index in [0.717, 1.165) is 22.2 Å². The lowest BCUT2D eigenvalue weighted by Crippen LogP contribution is -2.43. The molecule has 3 aromatic rings. The third kappa shape index (κ3) is 4.34. The summed E-state index contributed by atoms with van der Waals surface area (Å²) in [6, 6.07) is 14.8. The first-order chi connectivity index (χ1) is 13.4. The van der Waals surface area contributed by atoms with Crippen molar-refractivity contribution in [2.75, 3.05) is 5.32 Å². The predicted octanol–water partition coefficient (Wildman–Crippen LogP) is 3.99. The third-order valence-corrected chi connectivity index (χ3v) is 4.74. The van der Waals surface area contributed by atoms with Crippen LogP contribution in [0.2, 0.25) is 5.02 Å². The lowest BCUT2D eigenvalue weighted by Gasteiger charge is -2.17. The van der Waals surface area contributed by atoms with Crippen molar-refractivity contribution < 1.29 is 0 Å². The zero-order chi connectivity index (χ0) is 20.3. The SMILES string of the molecule is CCc1ccc(Nc2nc(=O)n(C(C)C)c(=O)n2Cc2ccc(Cl)cc2)cc1. The molecule has 1 N–H and O–H groups in total. The molecule has 0 bridgehead atoms. The van der Waals surface area contributed by atoms with Gasteiger partial charge in [0, 0.05) is 16.8 Å². The molecule has 0 spiro atoms.